The molecule has 1 aliphatic rings. The Balaban J connectivity index is 2.14. The molecule has 4 heteroatoms. The molecule has 2 rings (SSSR count). The van der Waals surface area contributed by atoms with Crippen LogP contribution in [-0.4, -0.2) is 25.6 Å². The molecule has 4 nitrogen and oxygen atoms in total. The van der Waals surface area contributed by atoms with Crippen molar-refractivity contribution in [3.05, 3.63) is 29.8 Å². The molecule has 2 unspecified atom stereocenters. The standard InChI is InChI=1S/C14H20N2O2/c1-2-6-18-11-5-3-4-10(7-11)12-8-16-9-13(12)14(15)17/h3-5,7,12-13,16H,2,6,8-9H2,1H3,(H2,15,17). The van der Waals surface area contributed by atoms with E-state index < -0.39 is 0 Å². The highest BCUT2D eigenvalue weighted by Gasteiger charge is 2.32. The second kappa shape index (κ2) is 5.87. The van der Waals surface area contributed by atoms with E-state index in [0.717, 1.165) is 24.3 Å². The van der Waals surface area contributed by atoms with E-state index in [1.165, 1.54) is 0 Å². The zero-order valence-electron chi connectivity index (χ0n) is 10.7. The summed E-state index contributed by atoms with van der Waals surface area (Å²) in [5.74, 6) is 0.674. The van der Waals surface area contributed by atoms with Crippen molar-refractivity contribution in [2.45, 2.75) is 19.3 Å². The first-order chi connectivity index (χ1) is 8.72. The summed E-state index contributed by atoms with van der Waals surface area (Å²) in [5.41, 5.74) is 6.56. The molecule has 1 heterocycles. The summed E-state index contributed by atoms with van der Waals surface area (Å²) in [6, 6.07) is 7.97. The zero-order valence-corrected chi connectivity index (χ0v) is 10.7. The minimum Gasteiger partial charge on any atom is -0.494 e. The molecule has 2 atom stereocenters. The average molecular weight is 248 g/mol. The van der Waals surface area contributed by atoms with Crippen molar-refractivity contribution in [1.82, 2.24) is 5.32 Å². The van der Waals surface area contributed by atoms with Gasteiger partial charge in [0.15, 0.2) is 0 Å². The van der Waals surface area contributed by atoms with Gasteiger partial charge < -0.3 is 15.8 Å². The summed E-state index contributed by atoms with van der Waals surface area (Å²) < 4.78 is 5.61. The van der Waals surface area contributed by atoms with Crippen LogP contribution >= 0.6 is 0 Å². The molecule has 0 saturated carbocycles. The maximum absolute atomic E-state index is 11.4. The number of carbonyl (C=O) groups excluding carboxylic acids is 1. The highest BCUT2D eigenvalue weighted by Crippen LogP contribution is 2.30. The summed E-state index contributed by atoms with van der Waals surface area (Å²) in [5, 5.41) is 3.22. The monoisotopic (exact) mass is 248 g/mol. The molecule has 1 aromatic rings. The predicted octanol–water partition coefficient (Wildman–Crippen LogP) is 1.26. The third-order valence-corrected chi connectivity index (χ3v) is 3.34. The highest BCUT2D eigenvalue weighted by molar-refractivity contribution is 5.78. The molecule has 18 heavy (non-hydrogen) atoms. The molecule has 1 saturated heterocycles. The maximum Gasteiger partial charge on any atom is 0.222 e. The van der Waals surface area contributed by atoms with Crippen LogP contribution in [0.3, 0.4) is 0 Å². The third kappa shape index (κ3) is 2.82. The fraction of sp³-hybridized carbons (Fsp3) is 0.500. The quantitative estimate of drug-likeness (QED) is 0.824. The number of carbonyl (C=O) groups is 1. The fourth-order valence-electron chi connectivity index (χ4n) is 2.38. The van der Waals surface area contributed by atoms with Gasteiger partial charge in [-0.15, -0.1) is 0 Å². The van der Waals surface area contributed by atoms with Gasteiger partial charge in [0, 0.05) is 19.0 Å². The van der Waals surface area contributed by atoms with Crippen LogP contribution in [0.4, 0.5) is 0 Å². The molecule has 1 aliphatic heterocycles. The molecule has 0 aromatic heterocycles. The van der Waals surface area contributed by atoms with Gasteiger partial charge in [-0.25, -0.2) is 0 Å². The summed E-state index contributed by atoms with van der Waals surface area (Å²) in [6.07, 6.45) is 0.985. The van der Waals surface area contributed by atoms with Gasteiger partial charge in [0.25, 0.3) is 0 Å². The Kier molecular flexibility index (Phi) is 4.20. The number of ether oxygens (including phenoxy) is 1. The first-order valence-corrected chi connectivity index (χ1v) is 6.45. The Morgan fingerprint density at radius 3 is 3.06 bits per heavy atom. The van der Waals surface area contributed by atoms with Gasteiger partial charge in [-0.05, 0) is 24.1 Å². The largest absolute Gasteiger partial charge is 0.494 e. The van der Waals surface area contributed by atoms with Crippen LogP contribution in [0.15, 0.2) is 24.3 Å². The lowest BCUT2D eigenvalue weighted by atomic mass is 9.88. The minimum atomic E-state index is -0.232. The van der Waals surface area contributed by atoms with Crippen LogP contribution in [0.1, 0.15) is 24.8 Å². The number of amides is 1. The van der Waals surface area contributed by atoms with Crippen LogP contribution in [0.2, 0.25) is 0 Å². The van der Waals surface area contributed by atoms with E-state index in [4.69, 9.17) is 10.5 Å². The lowest BCUT2D eigenvalue weighted by Gasteiger charge is -2.16. The normalized spacial score (nSPS) is 22.9. The van der Waals surface area contributed by atoms with Crippen LogP contribution in [0.5, 0.6) is 5.75 Å². The van der Waals surface area contributed by atoms with E-state index in [2.05, 4.69) is 12.2 Å². The van der Waals surface area contributed by atoms with Crippen LogP contribution in [0, 0.1) is 5.92 Å². The van der Waals surface area contributed by atoms with Crippen molar-refractivity contribution >= 4 is 5.91 Å². The molecule has 98 valence electrons. The van der Waals surface area contributed by atoms with Crippen molar-refractivity contribution in [3.8, 4) is 5.75 Å². The topological polar surface area (TPSA) is 64.3 Å². The fourth-order valence-corrected chi connectivity index (χ4v) is 2.38. The predicted molar refractivity (Wildman–Crippen MR) is 70.5 cm³/mol. The molecule has 0 aliphatic carbocycles. The second-order valence-electron chi connectivity index (χ2n) is 4.69. The smallest absolute Gasteiger partial charge is 0.222 e. The van der Waals surface area contributed by atoms with Gasteiger partial charge in [0.05, 0.1) is 12.5 Å². The van der Waals surface area contributed by atoms with Gasteiger partial charge >= 0.3 is 0 Å². The van der Waals surface area contributed by atoms with Gasteiger partial charge in [-0.3, -0.25) is 4.79 Å². The SMILES string of the molecule is CCCOc1cccc(C2CNCC2C(N)=O)c1. The molecule has 1 amide bonds. The molecule has 1 fully saturated rings. The number of nitrogens with two attached hydrogens (primary N) is 1. The number of nitrogens with one attached hydrogen (secondary N) is 1. The number of hydrogen-bond donors (Lipinski definition) is 2. The Hall–Kier alpha value is -1.55. The van der Waals surface area contributed by atoms with Gasteiger partial charge in [-0.2, -0.15) is 0 Å². The van der Waals surface area contributed by atoms with Crippen molar-refractivity contribution in [2.75, 3.05) is 19.7 Å². The van der Waals surface area contributed by atoms with Gasteiger partial charge in [0.2, 0.25) is 5.91 Å². The van der Waals surface area contributed by atoms with Gasteiger partial charge in [0.1, 0.15) is 5.75 Å². The Morgan fingerprint density at radius 2 is 2.33 bits per heavy atom. The first kappa shape index (κ1) is 12.9. The lowest BCUT2D eigenvalue weighted by molar-refractivity contribution is -0.121. The lowest BCUT2D eigenvalue weighted by Crippen LogP contribution is -2.28. The van der Waals surface area contributed by atoms with E-state index in [0.29, 0.717) is 13.2 Å². The molecular weight excluding hydrogens is 228 g/mol. The van der Waals surface area contributed by atoms with Gasteiger partial charge in [-0.1, -0.05) is 19.1 Å². The van der Waals surface area contributed by atoms with E-state index in [9.17, 15) is 4.79 Å². The van der Waals surface area contributed by atoms with E-state index in [-0.39, 0.29) is 17.7 Å². The van der Waals surface area contributed by atoms with Crippen molar-refractivity contribution < 1.29 is 9.53 Å². The number of hydrogen-bond acceptors (Lipinski definition) is 3. The van der Waals surface area contributed by atoms with E-state index in [1.807, 2.05) is 24.3 Å². The molecular formula is C14H20N2O2. The van der Waals surface area contributed by atoms with Crippen LogP contribution < -0.4 is 15.8 Å². The summed E-state index contributed by atoms with van der Waals surface area (Å²) in [7, 11) is 0. The molecule has 3 N–H and O–H groups in total. The molecule has 1 aromatic carbocycles. The average Bonchev–Trinajstić information content (AvgIpc) is 2.86. The van der Waals surface area contributed by atoms with E-state index >= 15 is 0 Å². The molecule has 0 radical (unpaired) electrons. The Labute approximate surface area is 108 Å². The summed E-state index contributed by atoms with van der Waals surface area (Å²) in [6.45, 7) is 4.25. The van der Waals surface area contributed by atoms with Crippen molar-refractivity contribution in [2.24, 2.45) is 11.7 Å². The third-order valence-electron chi connectivity index (χ3n) is 3.34. The minimum absolute atomic E-state index is 0.119. The number of rotatable bonds is 5. The number of benzene rings is 1. The molecule has 0 bridgehead atoms. The van der Waals surface area contributed by atoms with Crippen LogP contribution in [-0.2, 0) is 4.79 Å². The first-order valence-electron chi connectivity index (χ1n) is 6.45. The number of primary amides is 1. The highest BCUT2D eigenvalue weighted by atomic mass is 16.5. The second-order valence-corrected chi connectivity index (χ2v) is 4.69. The summed E-state index contributed by atoms with van der Waals surface area (Å²) >= 11 is 0. The van der Waals surface area contributed by atoms with Crippen molar-refractivity contribution in [1.29, 1.82) is 0 Å². The summed E-state index contributed by atoms with van der Waals surface area (Å²) in [4.78, 5) is 11.4. The Bertz CT molecular complexity index is 420. The van der Waals surface area contributed by atoms with Crippen LogP contribution in [0.25, 0.3) is 0 Å². The van der Waals surface area contributed by atoms with E-state index in [1.54, 1.807) is 0 Å². The zero-order chi connectivity index (χ0) is 13.0. The Morgan fingerprint density at radius 1 is 1.50 bits per heavy atom. The van der Waals surface area contributed by atoms with Crippen molar-refractivity contribution in [3.63, 3.8) is 0 Å². The maximum atomic E-state index is 11.4. The molecule has 0 spiro atoms.